The van der Waals surface area contributed by atoms with Gasteiger partial charge in [-0.2, -0.15) is 11.3 Å². The van der Waals surface area contributed by atoms with Gasteiger partial charge < -0.3 is 15.2 Å². The lowest BCUT2D eigenvalue weighted by molar-refractivity contribution is 0.0933. The average Bonchev–Trinajstić information content (AvgIpc) is 3.02. The second kappa shape index (κ2) is 6.09. The summed E-state index contributed by atoms with van der Waals surface area (Å²) in [6.45, 7) is 1.39. The fourth-order valence-electron chi connectivity index (χ4n) is 2.52. The zero-order valence-electron chi connectivity index (χ0n) is 11.4. The maximum Gasteiger partial charge on any atom is 0.290 e. The van der Waals surface area contributed by atoms with Crippen molar-refractivity contribution in [1.29, 1.82) is 0 Å². The van der Waals surface area contributed by atoms with Crippen LogP contribution in [0.4, 0.5) is 5.82 Å². The van der Waals surface area contributed by atoms with Gasteiger partial charge in [0, 0.05) is 42.5 Å². The van der Waals surface area contributed by atoms with Gasteiger partial charge in [-0.05, 0) is 24.3 Å². The number of aromatic amines is 1. The molecule has 1 aliphatic heterocycles. The second-order valence-electron chi connectivity index (χ2n) is 5.01. The molecule has 7 heteroatoms. The minimum absolute atomic E-state index is 0.0348. The number of H-pyrrole nitrogens is 1. The van der Waals surface area contributed by atoms with Gasteiger partial charge in [0.05, 0.1) is 0 Å². The SMILES string of the molecule is O=C(N[C@H]1CCCN(c2ncc[nH]c2=O)C1)c1ccsc1. The van der Waals surface area contributed by atoms with Crippen molar-refractivity contribution >= 4 is 23.1 Å². The monoisotopic (exact) mass is 304 g/mol. The molecule has 110 valence electrons. The van der Waals surface area contributed by atoms with Crippen molar-refractivity contribution in [2.24, 2.45) is 0 Å². The number of rotatable bonds is 3. The maximum atomic E-state index is 12.1. The fourth-order valence-corrected chi connectivity index (χ4v) is 3.15. The third-order valence-corrected chi connectivity index (χ3v) is 4.21. The lowest BCUT2D eigenvalue weighted by Crippen LogP contribution is -2.49. The van der Waals surface area contributed by atoms with E-state index >= 15 is 0 Å². The van der Waals surface area contributed by atoms with E-state index in [1.807, 2.05) is 21.7 Å². The highest BCUT2D eigenvalue weighted by Crippen LogP contribution is 2.15. The van der Waals surface area contributed by atoms with E-state index in [1.165, 1.54) is 17.5 Å². The molecule has 0 aromatic carbocycles. The number of anilines is 1. The zero-order valence-corrected chi connectivity index (χ0v) is 12.2. The molecule has 1 fully saturated rings. The van der Waals surface area contributed by atoms with Crippen LogP contribution in [0.5, 0.6) is 0 Å². The Kier molecular flexibility index (Phi) is 4.01. The summed E-state index contributed by atoms with van der Waals surface area (Å²) >= 11 is 1.50. The van der Waals surface area contributed by atoms with Crippen LogP contribution in [0.25, 0.3) is 0 Å². The first kappa shape index (κ1) is 13.8. The number of hydrogen-bond acceptors (Lipinski definition) is 5. The van der Waals surface area contributed by atoms with Crippen molar-refractivity contribution in [3.63, 3.8) is 0 Å². The summed E-state index contributed by atoms with van der Waals surface area (Å²) in [7, 11) is 0. The summed E-state index contributed by atoms with van der Waals surface area (Å²) in [5.41, 5.74) is 0.495. The van der Waals surface area contributed by atoms with Gasteiger partial charge in [0.25, 0.3) is 11.5 Å². The molecule has 0 saturated carbocycles. The molecule has 2 aromatic rings. The Hall–Kier alpha value is -2.15. The van der Waals surface area contributed by atoms with E-state index in [2.05, 4.69) is 15.3 Å². The average molecular weight is 304 g/mol. The summed E-state index contributed by atoms with van der Waals surface area (Å²) in [6, 6.07) is 1.84. The summed E-state index contributed by atoms with van der Waals surface area (Å²) in [5.74, 6) is 0.366. The van der Waals surface area contributed by atoms with Gasteiger partial charge in [0.1, 0.15) is 0 Å². The lowest BCUT2D eigenvalue weighted by Gasteiger charge is -2.33. The molecule has 0 unspecified atom stereocenters. The first-order chi connectivity index (χ1) is 10.2. The molecule has 2 N–H and O–H groups in total. The predicted molar refractivity (Wildman–Crippen MR) is 81.9 cm³/mol. The van der Waals surface area contributed by atoms with E-state index in [0.29, 0.717) is 17.9 Å². The maximum absolute atomic E-state index is 12.1. The smallest absolute Gasteiger partial charge is 0.290 e. The number of carbonyl (C=O) groups excluding carboxylic acids is 1. The topological polar surface area (TPSA) is 78.1 Å². The number of hydrogen-bond donors (Lipinski definition) is 2. The van der Waals surface area contributed by atoms with Crippen LogP contribution in [0.2, 0.25) is 0 Å². The van der Waals surface area contributed by atoms with Crippen molar-refractivity contribution in [2.45, 2.75) is 18.9 Å². The lowest BCUT2D eigenvalue weighted by atomic mass is 10.1. The molecule has 2 aromatic heterocycles. The third kappa shape index (κ3) is 3.13. The van der Waals surface area contributed by atoms with Crippen LogP contribution in [0.1, 0.15) is 23.2 Å². The molecule has 0 spiro atoms. The van der Waals surface area contributed by atoms with Gasteiger partial charge >= 0.3 is 0 Å². The van der Waals surface area contributed by atoms with E-state index < -0.39 is 0 Å². The number of nitrogens with one attached hydrogen (secondary N) is 2. The highest BCUT2D eigenvalue weighted by molar-refractivity contribution is 7.08. The van der Waals surface area contributed by atoms with Crippen molar-refractivity contribution in [3.05, 3.63) is 45.1 Å². The minimum Gasteiger partial charge on any atom is -0.350 e. The van der Waals surface area contributed by atoms with E-state index in [4.69, 9.17) is 0 Å². The van der Waals surface area contributed by atoms with E-state index in [1.54, 1.807) is 6.20 Å². The zero-order chi connectivity index (χ0) is 14.7. The number of piperidine rings is 1. The molecular weight excluding hydrogens is 288 g/mol. The van der Waals surface area contributed by atoms with Crippen molar-refractivity contribution in [2.75, 3.05) is 18.0 Å². The number of aromatic nitrogens is 2. The Bertz CT molecular complexity index is 668. The summed E-state index contributed by atoms with van der Waals surface area (Å²) in [6.07, 6.45) is 4.93. The highest BCUT2D eigenvalue weighted by Gasteiger charge is 2.24. The minimum atomic E-state index is -0.192. The summed E-state index contributed by atoms with van der Waals surface area (Å²) < 4.78 is 0. The summed E-state index contributed by atoms with van der Waals surface area (Å²) in [4.78, 5) is 32.6. The molecule has 6 nitrogen and oxygen atoms in total. The first-order valence-corrected chi connectivity index (χ1v) is 7.80. The van der Waals surface area contributed by atoms with Crippen LogP contribution in [-0.4, -0.2) is 35.0 Å². The van der Waals surface area contributed by atoms with Crippen LogP contribution in [0, 0.1) is 0 Å². The van der Waals surface area contributed by atoms with Crippen LogP contribution in [0.15, 0.2) is 34.0 Å². The number of amides is 1. The molecule has 0 radical (unpaired) electrons. The molecule has 1 saturated heterocycles. The standard InChI is InChI=1S/C14H16N4O2S/c19-13(10-3-7-21-9-10)17-11-2-1-6-18(8-11)12-14(20)16-5-4-15-12/h3-5,7,9,11H,1-2,6,8H2,(H,16,20)(H,17,19)/t11-/m0/s1. The predicted octanol–water partition coefficient (Wildman–Crippen LogP) is 1.23. The Morgan fingerprint density at radius 2 is 2.43 bits per heavy atom. The Balaban J connectivity index is 1.68. The Morgan fingerprint density at radius 3 is 3.19 bits per heavy atom. The number of thiophene rings is 1. The van der Waals surface area contributed by atoms with Gasteiger partial charge in [-0.15, -0.1) is 0 Å². The molecule has 0 bridgehead atoms. The molecule has 3 heterocycles. The van der Waals surface area contributed by atoms with Gasteiger partial charge in [-0.3, -0.25) is 9.59 Å². The molecule has 0 aliphatic carbocycles. The van der Waals surface area contributed by atoms with Gasteiger partial charge in [0.2, 0.25) is 0 Å². The van der Waals surface area contributed by atoms with E-state index in [9.17, 15) is 9.59 Å². The molecule has 1 aliphatic rings. The van der Waals surface area contributed by atoms with Crippen LogP contribution < -0.4 is 15.8 Å². The fraction of sp³-hybridized carbons (Fsp3) is 0.357. The van der Waals surface area contributed by atoms with Crippen molar-refractivity contribution < 1.29 is 4.79 Å². The number of carbonyl (C=O) groups is 1. The first-order valence-electron chi connectivity index (χ1n) is 6.86. The normalized spacial score (nSPS) is 18.5. The van der Waals surface area contributed by atoms with E-state index in [-0.39, 0.29) is 17.5 Å². The van der Waals surface area contributed by atoms with Crippen LogP contribution in [-0.2, 0) is 0 Å². The third-order valence-electron chi connectivity index (χ3n) is 3.53. The summed E-state index contributed by atoms with van der Waals surface area (Å²) in [5, 5.41) is 6.74. The van der Waals surface area contributed by atoms with Crippen LogP contribution >= 0.6 is 11.3 Å². The Labute approximate surface area is 125 Å². The van der Waals surface area contributed by atoms with Crippen molar-refractivity contribution in [3.8, 4) is 0 Å². The molecule has 1 amide bonds. The quantitative estimate of drug-likeness (QED) is 0.894. The largest absolute Gasteiger partial charge is 0.350 e. The molecular formula is C14H16N4O2S. The molecule has 1 atom stereocenters. The second-order valence-corrected chi connectivity index (χ2v) is 5.79. The molecule has 21 heavy (non-hydrogen) atoms. The van der Waals surface area contributed by atoms with Gasteiger partial charge in [0.15, 0.2) is 5.82 Å². The van der Waals surface area contributed by atoms with Gasteiger partial charge in [-0.25, -0.2) is 4.98 Å². The van der Waals surface area contributed by atoms with Crippen molar-refractivity contribution in [1.82, 2.24) is 15.3 Å². The number of nitrogens with zero attached hydrogens (tertiary/aromatic N) is 2. The Morgan fingerprint density at radius 1 is 1.52 bits per heavy atom. The highest BCUT2D eigenvalue weighted by atomic mass is 32.1. The molecule has 3 rings (SSSR count). The van der Waals surface area contributed by atoms with Gasteiger partial charge in [-0.1, -0.05) is 0 Å². The van der Waals surface area contributed by atoms with Crippen LogP contribution in [0.3, 0.4) is 0 Å². The van der Waals surface area contributed by atoms with E-state index in [0.717, 1.165) is 19.4 Å².